The number of ether oxygens (including phenoxy) is 2. The summed E-state index contributed by atoms with van der Waals surface area (Å²) in [6.45, 7) is 1.86. The Bertz CT molecular complexity index is 1040. The molecule has 1 aromatic heterocycles. The summed E-state index contributed by atoms with van der Waals surface area (Å²) in [5.41, 5.74) is 3.07. The van der Waals surface area contributed by atoms with Gasteiger partial charge in [0.2, 0.25) is 0 Å². The van der Waals surface area contributed by atoms with Crippen LogP contribution in [0.15, 0.2) is 54.9 Å². The molecule has 1 amide bonds. The van der Waals surface area contributed by atoms with E-state index in [1.807, 2.05) is 36.5 Å². The van der Waals surface area contributed by atoms with Crippen LogP contribution in [0.3, 0.4) is 0 Å². The summed E-state index contributed by atoms with van der Waals surface area (Å²) in [6, 6.07) is 12.5. The molecule has 0 bridgehead atoms. The van der Waals surface area contributed by atoms with Crippen LogP contribution in [0.5, 0.6) is 5.75 Å². The minimum Gasteiger partial charge on any atom is -0.490 e. The summed E-state index contributed by atoms with van der Waals surface area (Å²) in [5, 5.41) is 4.22. The van der Waals surface area contributed by atoms with Crippen molar-refractivity contribution in [2.45, 2.75) is 32.0 Å². The van der Waals surface area contributed by atoms with Crippen LogP contribution in [-0.4, -0.2) is 39.9 Å². The van der Waals surface area contributed by atoms with Crippen LogP contribution < -0.4 is 4.74 Å². The number of nitrogens with zero attached hydrogens (tertiary/aromatic N) is 3. The molecule has 2 aromatic carbocycles. The molecule has 0 aliphatic carbocycles. The number of aromatic nitrogens is 2. The Morgan fingerprint density at radius 3 is 2.83 bits per heavy atom. The lowest BCUT2D eigenvalue weighted by Gasteiger charge is -2.16. The molecule has 2 aliphatic heterocycles. The van der Waals surface area contributed by atoms with Crippen molar-refractivity contribution in [1.82, 2.24) is 14.7 Å². The van der Waals surface area contributed by atoms with Crippen LogP contribution in [0, 0.1) is 5.82 Å². The van der Waals surface area contributed by atoms with Gasteiger partial charge in [0.1, 0.15) is 18.2 Å². The Kier molecular flexibility index (Phi) is 4.96. The van der Waals surface area contributed by atoms with E-state index in [4.69, 9.17) is 9.47 Å². The third kappa shape index (κ3) is 3.68. The quantitative estimate of drug-likeness (QED) is 0.625. The van der Waals surface area contributed by atoms with Crippen molar-refractivity contribution in [3.05, 3.63) is 77.4 Å². The number of rotatable bonds is 6. The van der Waals surface area contributed by atoms with Crippen molar-refractivity contribution in [3.63, 3.8) is 0 Å². The molecule has 2 aliphatic rings. The Morgan fingerprint density at radius 2 is 2.10 bits per heavy atom. The van der Waals surface area contributed by atoms with Crippen LogP contribution in [0.1, 0.15) is 34.3 Å². The van der Waals surface area contributed by atoms with Gasteiger partial charge in [0.05, 0.1) is 17.4 Å². The Morgan fingerprint density at radius 1 is 1.23 bits per heavy atom. The number of hydrogen-bond acceptors (Lipinski definition) is 4. The van der Waals surface area contributed by atoms with Gasteiger partial charge in [0.15, 0.2) is 0 Å². The standard InChI is InChI=1S/C23H22FN3O3/c24-18-11-17-14-26(13-16-4-6-19(7-5-16)27-9-2-8-25-27)23(28)22(17)21(12-18)30-15-20-3-1-10-29-20/h2,4-9,11-12,20H,1,3,10,13-15H2. The summed E-state index contributed by atoms with van der Waals surface area (Å²) in [5.74, 6) is -0.222. The van der Waals surface area contributed by atoms with E-state index in [9.17, 15) is 9.18 Å². The summed E-state index contributed by atoms with van der Waals surface area (Å²) in [4.78, 5) is 14.8. The fraction of sp³-hybridized carbons (Fsp3) is 0.304. The average Bonchev–Trinajstić information content (AvgIpc) is 3.50. The summed E-state index contributed by atoms with van der Waals surface area (Å²) >= 11 is 0. The maximum absolute atomic E-state index is 14.1. The number of carbonyl (C=O) groups is 1. The molecule has 154 valence electrons. The first-order valence-electron chi connectivity index (χ1n) is 10.1. The van der Waals surface area contributed by atoms with Gasteiger partial charge in [-0.2, -0.15) is 5.10 Å². The van der Waals surface area contributed by atoms with Crippen LogP contribution >= 0.6 is 0 Å². The van der Waals surface area contributed by atoms with Crippen molar-refractivity contribution in [2.24, 2.45) is 0 Å². The summed E-state index contributed by atoms with van der Waals surface area (Å²) < 4.78 is 27.3. The van der Waals surface area contributed by atoms with E-state index in [-0.39, 0.29) is 12.0 Å². The molecule has 7 heteroatoms. The van der Waals surface area contributed by atoms with E-state index in [1.54, 1.807) is 15.8 Å². The Balaban J connectivity index is 1.31. The molecule has 0 spiro atoms. The molecule has 6 nitrogen and oxygen atoms in total. The molecular weight excluding hydrogens is 385 g/mol. The molecule has 0 N–H and O–H groups in total. The maximum Gasteiger partial charge on any atom is 0.258 e. The zero-order chi connectivity index (χ0) is 20.5. The van der Waals surface area contributed by atoms with E-state index in [0.29, 0.717) is 36.6 Å². The van der Waals surface area contributed by atoms with Gasteiger partial charge in [-0.1, -0.05) is 12.1 Å². The fourth-order valence-electron chi connectivity index (χ4n) is 4.03. The molecule has 1 unspecified atom stereocenters. The molecule has 1 fully saturated rings. The van der Waals surface area contributed by atoms with Crippen LogP contribution in [0.4, 0.5) is 4.39 Å². The first-order chi connectivity index (χ1) is 14.7. The number of hydrogen-bond donors (Lipinski definition) is 0. The largest absolute Gasteiger partial charge is 0.490 e. The van der Waals surface area contributed by atoms with Crippen molar-refractivity contribution in [1.29, 1.82) is 0 Å². The van der Waals surface area contributed by atoms with Gasteiger partial charge < -0.3 is 14.4 Å². The number of fused-ring (bicyclic) bond motifs is 1. The molecule has 1 atom stereocenters. The SMILES string of the molecule is O=C1c2c(cc(F)cc2OCC2CCCO2)CN1Cc1ccc(-n2cccn2)cc1. The predicted molar refractivity (Wildman–Crippen MR) is 108 cm³/mol. The highest BCUT2D eigenvalue weighted by atomic mass is 19.1. The molecule has 5 rings (SSSR count). The molecule has 3 heterocycles. The van der Waals surface area contributed by atoms with Gasteiger partial charge in [0, 0.05) is 38.2 Å². The third-order valence-electron chi connectivity index (χ3n) is 5.54. The minimum atomic E-state index is -0.394. The minimum absolute atomic E-state index is 0.00447. The van der Waals surface area contributed by atoms with Crippen molar-refractivity contribution >= 4 is 5.91 Å². The zero-order valence-corrected chi connectivity index (χ0v) is 16.5. The van der Waals surface area contributed by atoms with Gasteiger partial charge in [-0.15, -0.1) is 0 Å². The van der Waals surface area contributed by atoms with E-state index < -0.39 is 5.82 Å². The Hall–Kier alpha value is -3.19. The fourth-order valence-corrected chi connectivity index (χ4v) is 4.03. The van der Waals surface area contributed by atoms with Gasteiger partial charge in [-0.25, -0.2) is 9.07 Å². The number of amides is 1. The third-order valence-corrected chi connectivity index (χ3v) is 5.54. The highest BCUT2D eigenvalue weighted by molar-refractivity contribution is 6.01. The average molecular weight is 407 g/mol. The van der Waals surface area contributed by atoms with Gasteiger partial charge in [-0.3, -0.25) is 4.79 Å². The lowest BCUT2D eigenvalue weighted by molar-refractivity contribution is 0.0658. The molecule has 3 aromatic rings. The first kappa shape index (κ1) is 18.8. The monoisotopic (exact) mass is 407 g/mol. The summed E-state index contributed by atoms with van der Waals surface area (Å²) in [6.07, 6.45) is 5.53. The van der Waals surface area contributed by atoms with E-state index in [0.717, 1.165) is 30.7 Å². The zero-order valence-electron chi connectivity index (χ0n) is 16.5. The number of halogens is 1. The van der Waals surface area contributed by atoms with Gasteiger partial charge in [0.25, 0.3) is 5.91 Å². The van der Waals surface area contributed by atoms with Gasteiger partial charge >= 0.3 is 0 Å². The number of benzene rings is 2. The number of carbonyl (C=O) groups excluding carboxylic acids is 1. The van der Waals surface area contributed by atoms with Crippen LogP contribution in [0.25, 0.3) is 5.69 Å². The van der Waals surface area contributed by atoms with E-state index in [2.05, 4.69) is 5.10 Å². The predicted octanol–water partition coefficient (Wildman–Crippen LogP) is 3.73. The molecular formula is C23H22FN3O3. The van der Waals surface area contributed by atoms with Crippen LogP contribution in [-0.2, 0) is 17.8 Å². The van der Waals surface area contributed by atoms with E-state index in [1.165, 1.54) is 12.1 Å². The highest BCUT2D eigenvalue weighted by Gasteiger charge is 2.32. The first-order valence-corrected chi connectivity index (χ1v) is 10.1. The van der Waals surface area contributed by atoms with Crippen molar-refractivity contribution < 1.29 is 18.7 Å². The lowest BCUT2D eigenvalue weighted by atomic mass is 10.1. The maximum atomic E-state index is 14.1. The normalized spacial score (nSPS) is 18.1. The van der Waals surface area contributed by atoms with E-state index >= 15 is 0 Å². The Labute approximate surface area is 173 Å². The van der Waals surface area contributed by atoms with Crippen molar-refractivity contribution in [3.8, 4) is 11.4 Å². The van der Waals surface area contributed by atoms with Crippen LogP contribution in [0.2, 0.25) is 0 Å². The summed E-state index contributed by atoms with van der Waals surface area (Å²) in [7, 11) is 0. The molecule has 0 radical (unpaired) electrons. The second-order valence-corrected chi connectivity index (χ2v) is 7.66. The van der Waals surface area contributed by atoms with Crippen molar-refractivity contribution in [2.75, 3.05) is 13.2 Å². The molecule has 1 saturated heterocycles. The van der Waals surface area contributed by atoms with Gasteiger partial charge in [-0.05, 0) is 48.2 Å². The lowest BCUT2D eigenvalue weighted by Crippen LogP contribution is -2.24. The smallest absolute Gasteiger partial charge is 0.258 e. The highest BCUT2D eigenvalue weighted by Crippen LogP contribution is 2.33. The second-order valence-electron chi connectivity index (χ2n) is 7.66. The molecule has 0 saturated carbocycles. The molecule has 30 heavy (non-hydrogen) atoms. The topological polar surface area (TPSA) is 56.6 Å². The second kappa shape index (κ2) is 7.91.